The highest BCUT2D eigenvalue weighted by Gasteiger charge is 2.25. The van der Waals surface area contributed by atoms with Gasteiger partial charge in [-0.25, -0.2) is 0 Å². The molecule has 0 saturated carbocycles. The number of carbonyl (C=O) groups excluding carboxylic acids is 2. The summed E-state index contributed by atoms with van der Waals surface area (Å²) in [6.45, 7) is 8.14. The molecular formula is C13H23NO3. The lowest BCUT2D eigenvalue weighted by Crippen LogP contribution is -2.42. The first-order valence-corrected chi connectivity index (χ1v) is 6.46. The van der Waals surface area contributed by atoms with Gasteiger partial charge in [0.25, 0.3) is 0 Å². The molecule has 1 saturated heterocycles. The molecule has 4 heteroatoms. The fourth-order valence-corrected chi connectivity index (χ4v) is 2.47. The molecule has 1 aliphatic rings. The second-order valence-corrected chi connectivity index (χ2v) is 5.05. The van der Waals surface area contributed by atoms with Crippen molar-refractivity contribution in [3.63, 3.8) is 0 Å². The minimum atomic E-state index is -0.279. The zero-order chi connectivity index (χ0) is 12.8. The van der Waals surface area contributed by atoms with Crippen molar-refractivity contribution in [2.45, 2.75) is 40.0 Å². The zero-order valence-electron chi connectivity index (χ0n) is 11.1. The molecule has 0 radical (unpaired) electrons. The van der Waals surface area contributed by atoms with Crippen molar-refractivity contribution in [1.29, 1.82) is 0 Å². The molecule has 1 aliphatic heterocycles. The number of amides is 1. The van der Waals surface area contributed by atoms with Gasteiger partial charge in [-0.05, 0) is 25.2 Å². The van der Waals surface area contributed by atoms with Crippen LogP contribution in [0.1, 0.15) is 40.0 Å². The Morgan fingerprint density at radius 1 is 1.18 bits per heavy atom. The van der Waals surface area contributed by atoms with Gasteiger partial charge in [-0.15, -0.1) is 0 Å². The fraction of sp³-hybridized carbons (Fsp3) is 0.846. The van der Waals surface area contributed by atoms with Crippen LogP contribution in [-0.2, 0) is 14.3 Å². The lowest BCUT2D eigenvalue weighted by Gasteiger charge is -2.35. The average Bonchev–Trinajstić information content (AvgIpc) is 2.25. The Balaban J connectivity index is 2.34. The van der Waals surface area contributed by atoms with Crippen molar-refractivity contribution < 1.29 is 14.3 Å². The SMILES string of the molecule is CCOC(=O)CCC(=O)N1C[C@@H](C)C[C@H](C)C1. The van der Waals surface area contributed by atoms with E-state index >= 15 is 0 Å². The number of nitrogens with zero attached hydrogens (tertiary/aromatic N) is 1. The second kappa shape index (κ2) is 6.62. The topological polar surface area (TPSA) is 46.6 Å². The van der Waals surface area contributed by atoms with E-state index in [1.54, 1.807) is 6.92 Å². The third-order valence-corrected chi connectivity index (χ3v) is 3.07. The van der Waals surface area contributed by atoms with Gasteiger partial charge in [-0.1, -0.05) is 13.8 Å². The number of hydrogen-bond donors (Lipinski definition) is 0. The summed E-state index contributed by atoms with van der Waals surface area (Å²) >= 11 is 0. The van der Waals surface area contributed by atoms with Crippen LogP contribution in [0.25, 0.3) is 0 Å². The first-order chi connectivity index (χ1) is 8.02. The molecule has 17 heavy (non-hydrogen) atoms. The molecule has 2 atom stereocenters. The average molecular weight is 241 g/mol. The predicted molar refractivity (Wildman–Crippen MR) is 65.4 cm³/mol. The highest BCUT2D eigenvalue weighted by atomic mass is 16.5. The van der Waals surface area contributed by atoms with Crippen LogP contribution >= 0.6 is 0 Å². The van der Waals surface area contributed by atoms with Crippen LogP contribution in [0.5, 0.6) is 0 Å². The molecule has 1 fully saturated rings. The molecule has 1 heterocycles. The largest absolute Gasteiger partial charge is 0.466 e. The number of carbonyl (C=O) groups is 2. The summed E-state index contributed by atoms with van der Waals surface area (Å²) in [5, 5.41) is 0. The van der Waals surface area contributed by atoms with Gasteiger partial charge >= 0.3 is 5.97 Å². The minimum absolute atomic E-state index is 0.0800. The summed E-state index contributed by atoms with van der Waals surface area (Å²) in [6.07, 6.45) is 1.66. The molecule has 98 valence electrons. The van der Waals surface area contributed by atoms with Crippen LogP contribution in [0.3, 0.4) is 0 Å². The first-order valence-electron chi connectivity index (χ1n) is 6.46. The molecule has 0 aliphatic carbocycles. The summed E-state index contributed by atoms with van der Waals surface area (Å²) in [4.78, 5) is 25.0. The number of hydrogen-bond acceptors (Lipinski definition) is 3. The number of likely N-dealkylation sites (tertiary alicyclic amines) is 1. The second-order valence-electron chi connectivity index (χ2n) is 5.05. The molecule has 1 rings (SSSR count). The lowest BCUT2D eigenvalue weighted by molar-refractivity contribution is -0.146. The number of esters is 1. The van der Waals surface area contributed by atoms with Crippen molar-refractivity contribution in [2.24, 2.45) is 11.8 Å². The summed E-state index contributed by atoms with van der Waals surface area (Å²) < 4.78 is 4.81. The molecule has 0 aromatic heterocycles. The van der Waals surface area contributed by atoms with Gasteiger partial charge in [0.05, 0.1) is 13.0 Å². The maximum atomic E-state index is 11.9. The summed E-state index contributed by atoms with van der Waals surface area (Å²) in [6, 6.07) is 0. The van der Waals surface area contributed by atoms with E-state index in [1.165, 1.54) is 6.42 Å². The van der Waals surface area contributed by atoms with Crippen LogP contribution in [-0.4, -0.2) is 36.5 Å². The van der Waals surface area contributed by atoms with E-state index in [-0.39, 0.29) is 24.7 Å². The Kier molecular flexibility index (Phi) is 5.45. The fourth-order valence-electron chi connectivity index (χ4n) is 2.47. The smallest absolute Gasteiger partial charge is 0.306 e. The van der Waals surface area contributed by atoms with E-state index in [2.05, 4.69) is 13.8 Å². The maximum Gasteiger partial charge on any atom is 0.306 e. The van der Waals surface area contributed by atoms with Crippen LogP contribution < -0.4 is 0 Å². The Bertz CT molecular complexity index is 268. The lowest BCUT2D eigenvalue weighted by atomic mass is 9.91. The van der Waals surface area contributed by atoms with Crippen molar-refractivity contribution >= 4 is 11.9 Å². The monoisotopic (exact) mass is 241 g/mol. The first kappa shape index (κ1) is 14.0. The molecule has 0 unspecified atom stereocenters. The number of ether oxygens (including phenoxy) is 1. The van der Waals surface area contributed by atoms with E-state index in [1.807, 2.05) is 4.90 Å². The Hall–Kier alpha value is -1.06. The van der Waals surface area contributed by atoms with E-state index < -0.39 is 0 Å². The molecular weight excluding hydrogens is 218 g/mol. The Labute approximate surface area is 103 Å². The highest BCUT2D eigenvalue weighted by molar-refractivity contribution is 5.81. The molecule has 4 nitrogen and oxygen atoms in total. The third kappa shape index (κ3) is 4.75. The molecule has 1 amide bonds. The van der Waals surface area contributed by atoms with Crippen LogP contribution in [0.4, 0.5) is 0 Å². The van der Waals surface area contributed by atoms with Crippen molar-refractivity contribution in [2.75, 3.05) is 19.7 Å². The van der Waals surface area contributed by atoms with E-state index in [0.29, 0.717) is 18.4 Å². The van der Waals surface area contributed by atoms with E-state index in [0.717, 1.165) is 13.1 Å². The van der Waals surface area contributed by atoms with Gasteiger partial charge in [0.1, 0.15) is 0 Å². The maximum absolute atomic E-state index is 11.9. The van der Waals surface area contributed by atoms with Crippen molar-refractivity contribution in [3.05, 3.63) is 0 Å². The number of rotatable bonds is 4. The van der Waals surface area contributed by atoms with Crippen LogP contribution in [0, 0.1) is 11.8 Å². The van der Waals surface area contributed by atoms with Gasteiger partial charge in [-0.3, -0.25) is 9.59 Å². The molecule has 0 N–H and O–H groups in total. The van der Waals surface area contributed by atoms with Crippen molar-refractivity contribution in [1.82, 2.24) is 4.90 Å². The molecule has 0 aromatic rings. The molecule has 0 spiro atoms. The Morgan fingerprint density at radius 2 is 1.76 bits per heavy atom. The normalized spacial score (nSPS) is 24.5. The summed E-state index contributed by atoms with van der Waals surface area (Å²) in [7, 11) is 0. The van der Waals surface area contributed by atoms with Crippen LogP contribution in [0.2, 0.25) is 0 Å². The highest BCUT2D eigenvalue weighted by Crippen LogP contribution is 2.21. The van der Waals surface area contributed by atoms with E-state index in [9.17, 15) is 9.59 Å². The predicted octanol–water partition coefficient (Wildman–Crippen LogP) is 1.83. The third-order valence-electron chi connectivity index (χ3n) is 3.07. The van der Waals surface area contributed by atoms with Gasteiger partial charge in [0.2, 0.25) is 5.91 Å². The molecule has 0 aromatic carbocycles. The van der Waals surface area contributed by atoms with Crippen LogP contribution in [0.15, 0.2) is 0 Å². The Morgan fingerprint density at radius 3 is 2.29 bits per heavy atom. The van der Waals surface area contributed by atoms with Gasteiger partial charge in [-0.2, -0.15) is 0 Å². The number of piperidine rings is 1. The van der Waals surface area contributed by atoms with Gasteiger partial charge < -0.3 is 9.64 Å². The quantitative estimate of drug-likeness (QED) is 0.705. The summed E-state index contributed by atoms with van der Waals surface area (Å²) in [5.41, 5.74) is 0. The van der Waals surface area contributed by atoms with E-state index in [4.69, 9.17) is 4.74 Å². The summed E-state index contributed by atoms with van der Waals surface area (Å²) in [5.74, 6) is 0.922. The zero-order valence-corrected chi connectivity index (χ0v) is 11.1. The van der Waals surface area contributed by atoms with Gasteiger partial charge in [0, 0.05) is 19.5 Å². The van der Waals surface area contributed by atoms with Gasteiger partial charge in [0.15, 0.2) is 0 Å². The molecule has 0 bridgehead atoms. The standard InChI is InChI=1S/C13H23NO3/c1-4-17-13(16)6-5-12(15)14-8-10(2)7-11(3)9-14/h10-11H,4-9H2,1-3H3/t10-,11-/m0/s1. The minimum Gasteiger partial charge on any atom is -0.466 e. The van der Waals surface area contributed by atoms with Crippen molar-refractivity contribution in [3.8, 4) is 0 Å².